The largest absolute Gasteiger partial charge is 0.324 e. The van der Waals surface area contributed by atoms with Gasteiger partial charge in [0.2, 0.25) is 5.91 Å². The van der Waals surface area contributed by atoms with E-state index in [1.54, 1.807) is 23.1 Å². The highest BCUT2D eigenvalue weighted by Crippen LogP contribution is 2.38. The first kappa shape index (κ1) is 19.0. The molecule has 3 aromatic rings. The van der Waals surface area contributed by atoms with Gasteiger partial charge in [0.1, 0.15) is 6.54 Å². The Bertz CT molecular complexity index is 1060. The number of hydrogen-bond donors (Lipinski definition) is 1. The molecule has 0 saturated heterocycles. The predicted octanol–water partition coefficient (Wildman–Crippen LogP) is 5.13. The van der Waals surface area contributed by atoms with Crippen LogP contribution in [0.4, 0.5) is 5.69 Å². The first-order chi connectivity index (χ1) is 13.5. The molecule has 1 aliphatic rings. The fraction of sp³-hybridized carbons (Fsp3) is 0.0909. The van der Waals surface area contributed by atoms with Crippen LogP contribution in [0.1, 0.15) is 27.5 Å². The third kappa shape index (κ3) is 3.64. The SMILES string of the molecule is O=C1CN(C(=O)c2ccccc2I)C(c2ccccc2)c2cc(Cl)ccc2N1. The molecule has 3 aromatic carbocycles. The van der Waals surface area contributed by atoms with E-state index in [1.165, 1.54) is 0 Å². The van der Waals surface area contributed by atoms with Crippen molar-refractivity contribution in [1.29, 1.82) is 0 Å². The van der Waals surface area contributed by atoms with E-state index in [0.717, 1.165) is 14.7 Å². The lowest BCUT2D eigenvalue weighted by Crippen LogP contribution is -2.39. The van der Waals surface area contributed by atoms with Gasteiger partial charge in [-0.3, -0.25) is 9.59 Å². The van der Waals surface area contributed by atoms with Crippen molar-refractivity contribution >= 4 is 51.7 Å². The average molecular weight is 503 g/mol. The maximum Gasteiger partial charge on any atom is 0.256 e. The fourth-order valence-corrected chi connectivity index (χ4v) is 4.25. The molecule has 0 aliphatic carbocycles. The Morgan fingerprint density at radius 2 is 1.75 bits per heavy atom. The van der Waals surface area contributed by atoms with E-state index < -0.39 is 6.04 Å². The zero-order valence-electron chi connectivity index (χ0n) is 14.7. The van der Waals surface area contributed by atoms with Gasteiger partial charge < -0.3 is 10.2 Å². The van der Waals surface area contributed by atoms with E-state index in [-0.39, 0.29) is 18.4 Å². The van der Waals surface area contributed by atoms with E-state index in [9.17, 15) is 9.59 Å². The van der Waals surface area contributed by atoms with Gasteiger partial charge in [0.25, 0.3) is 5.91 Å². The summed E-state index contributed by atoms with van der Waals surface area (Å²) >= 11 is 8.42. The number of benzene rings is 3. The van der Waals surface area contributed by atoms with Gasteiger partial charge in [-0.1, -0.05) is 54.1 Å². The van der Waals surface area contributed by atoms with E-state index in [4.69, 9.17) is 11.6 Å². The first-order valence-electron chi connectivity index (χ1n) is 8.74. The first-order valence-corrected chi connectivity index (χ1v) is 10.2. The van der Waals surface area contributed by atoms with Gasteiger partial charge >= 0.3 is 0 Å². The number of nitrogens with zero attached hydrogens (tertiary/aromatic N) is 1. The number of carbonyl (C=O) groups is 2. The number of hydrogen-bond acceptors (Lipinski definition) is 2. The molecule has 0 spiro atoms. The third-order valence-electron chi connectivity index (χ3n) is 4.69. The predicted molar refractivity (Wildman–Crippen MR) is 119 cm³/mol. The number of rotatable bonds is 2. The van der Waals surface area contributed by atoms with Crippen molar-refractivity contribution in [3.8, 4) is 0 Å². The van der Waals surface area contributed by atoms with Crippen molar-refractivity contribution in [3.63, 3.8) is 0 Å². The zero-order chi connectivity index (χ0) is 19.7. The van der Waals surface area contributed by atoms with Crippen LogP contribution < -0.4 is 5.32 Å². The molecule has 4 nitrogen and oxygen atoms in total. The molecule has 0 fully saturated rings. The van der Waals surface area contributed by atoms with Gasteiger partial charge in [0.15, 0.2) is 0 Å². The second-order valence-corrected chi connectivity index (χ2v) is 8.10. The standard InChI is InChI=1S/C22H16ClIN2O2/c23-15-10-11-19-17(12-15)21(14-6-2-1-3-7-14)26(13-20(27)25-19)22(28)16-8-4-5-9-18(16)24/h1-12,21H,13H2,(H,25,27). The molecule has 1 atom stereocenters. The van der Waals surface area contributed by atoms with E-state index in [1.807, 2.05) is 54.6 Å². The second kappa shape index (κ2) is 7.93. The number of amides is 2. The van der Waals surface area contributed by atoms with Crippen LogP contribution in [-0.4, -0.2) is 23.3 Å². The molecule has 1 aliphatic heterocycles. The second-order valence-electron chi connectivity index (χ2n) is 6.51. The lowest BCUT2D eigenvalue weighted by Gasteiger charge is -2.31. The topological polar surface area (TPSA) is 49.4 Å². The number of fused-ring (bicyclic) bond motifs is 1. The van der Waals surface area contributed by atoms with Crippen LogP contribution in [0.15, 0.2) is 72.8 Å². The third-order valence-corrected chi connectivity index (χ3v) is 5.86. The highest BCUT2D eigenvalue weighted by atomic mass is 127. The summed E-state index contributed by atoms with van der Waals surface area (Å²) in [5.74, 6) is -0.428. The molecule has 6 heteroatoms. The highest BCUT2D eigenvalue weighted by Gasteiger charge is 2.34. The minimum atomic E-state index is -0.433. The van der Waals surface area contributed by atoms with Crippen molar-refractivity contribution in [3.05, 3.63) is 98.1 Å². The van der Waals surface area contributed by atoms with Gasteiger partial charge in [-0.2, -0.15) is 0 Å². The van der Waals surface area contributed by atoms with Crippen molar-refractivity contribution in [2.45, 2.75) is 6.04 Å². The minimum Gasteiger partial charge on any atom is -0.324 e. The molecule has 2 amide bonds. The summed E-state index contributed by atoms with van der Waals surface area (Å²) in [5, 5.41) is 3.46. The molecule has 0 radical (unpaired) electrons. The Balaban J connectivity index is 1.91. The zero-order valence-corrected chi connectivity index (χ0v) is 17.6. The van der Waals surface area contributed by atoms with E-state index in [0.29, 0.717) is 16.3 Å². The van der Waals surface area contributed by atoms with Gasteiger partial charge in [-0.05, 0) is 58.5 Å². The maximum atomic E-state index is 13.5. The average Bonchev–Trinajstić information content (AvgIpc) is 2.84. The van der Waals surface area contributed by atoms with Crippen molar-refractivity contribution in [1.82, 2.24) is 4.90 Å². The summed E-state index contributed by atoms with van der Waals surface area (Å²) in [5.41, 5.74) is 2.95. The summed E-state index contributed by atoms with van der Waals surface area (Å²) in [7, 11) is 0. The molecule has 1 heterocycles. The van der Waals surface area contributed by atoms with Crippen LogP contribution in [0, 0.1) is 3.57 Å². The summed E-state index contributed by atoms with van der Waals surface area (Å²) in [6, 6.07) is 22.0. The lowest BCUT2D eigenvalue weighted by molar-refractivity contribution is -0.117. The Kier molecular flexibility index (Phi) is 5.37. The Hall–Kier alpha value is -2.38. The Morgan fingerprint density at radius 1 is 1.04 bits per heavy atom. The molecule has 140 valence electrons. The minimum absolute atomic E-state index is 0.0460. The van der Waals surface area contributed by atoms with Crippen LogP contribution in [0.25, 0.3) is 0 Å². The van der Waals surface area contributed by atoms with E-state index in [2.05, 4.69) is 27.9 Å². The molecule has 4 rings (SSSR count). The summed E-state index contributed by atoms with van der Waals surface area (Å²) < 4.78 is 0.841. The Morgan fingerprint density at radius 3 is 2.50 bits per heavy atom. The number of nitrogens with one attached hydrogen (secondary N) is 1. The molecule has 28 heavy (non-hydrogen) atoms. The molecular weight excluding hydrogens is 487 g/mol. The normalized spacial score (nSPS) is 16.1. The molecule has 1 unspecified atom stereocenters. The van der Waals surface area contributed by atoms with Crippen LogP contribution in [0.2, 0.25) is 5.02 Å². The summed E-state index contributed by atoms with van der Waals surface area (Å²) in [6.45, 7) is -0.0460. The Labute approximate surface area is 181 Å². The fourth-order valence-electron chi connectivity index (χ4n) is 3.45. The van der Waals surface area contributed by atoms with Crippen LogP contribution >= 0.6 is 34.2 Å². The smallest absolute Gasteiger partial charge is 0.256 e. The maximum absolute atomic E-state index is 13.5. The van der Waals surface area contributed by atoms with Crippen LogP contribution in [-0.2, 0) is 4.79 Å². The monoisotopic (exact) mass is 502 g/mol. The number of anilines is 1. The molecule has 0 aromatic heterocycles. The molecular formula is C22H16ClIN2O2. The van der Waals surface area contributed by atoms with E-state index >= 15 is 0 Å². The van der Waals surface area contributed by atoms with Gasteiger partial charge in [0, 0.05) is 19.8 Å². The van der Waals surface area contributed by atoms with Crippen molar-refractivity contribution < 1.29 is 9.59 Å². The van der Waals surface area contributed by atoms with Gasteiger partial charge in [-0.15, -0.1) is 0 Å². The molecule has 1 N–H and O–H groups in total. The highest BCUT2D eigenvalue weighted by molar-refractivity contribution is 14.1. The number of halogens is 2. The van der Waals surface area contributed by atoms with Gasteiger partial charge in [0.05, 0.1) is 11.6 Å². The summed E-state index contributed by atoms with van der Waals surface area (Å²) in [4.78, 5) is 27.7. The van der Waals surface area contributed by atoms with Crippen LogP contribution in [0.3, 0.4) is 0 Å². The van der Waals surface area contributed by atoms with Gasteiger partial charge in [-0.25, -0.2) is 0 Å². The molecule has 0 saturated carbocycles. The van der Waals surface area contributed by atoms with Crippen molar-refractivity contribution in [2.75, 3.05) is 11.9 Å². The number of carbonyl (C=O) groups excluding carboxylic acids is 2. The quantitative estimate of drug-likeness (QED) is 0.494. The lowest BCUT2D eigenvalue weighted by atomic mass is 9.95. The van der Waals surface area contributed by atoms with Crippen molar-refractivity contribution in [2.24, 2.45) is 0 Å². The summed E-state index contributed by atoms with van der Waals surface area (Å²) in [6.07, 6.45) is 0. The van der Waals surface area contributed by atoms with Crippen LogP contribution in [0.5, 0.6) is 0 Å². The molecule has 0 bridgehead atoms.